The number of aryl methyl sites for hydroxylation is 1. The number of imide groups is 1. The maximum atomic E-state index is 14.3. The number of likely N-dealkylation sites (N-methyl/N-ethyl adjacent to an activating group) is 2. The van der Waals surface area contributed by atoms with Gasteiger partial charge in [0.15, 0.2) is 6.23 Å². The van der Waals surface area contributed by atoms with E-state index in [1.165, 1.54) is 12.2 Å². The number of fused-ring (bicyclic) bond motifs is 1. The van der Waals surface area contributed by atoms with Gasteiger partial charge in [-0.3, -0.25) is 38.5 Å². The van der Waals surface area contributed by atoms with E-state index in [-0.39, 0.29) is 55.4 Å². The highest BCUT2D eigenvalue weighted by Crippen LogP contribution is 2.35. The lowest BCUT2D eigenvalue weighted by Crippen LogP contribution is -2.61. The Morgan fingerprint density at radius 2 is 1.58 bits per heavy atom. The van der Waals surface area contributed by atoms with Crippen LogP contribution in [0.15, 0.2) is 54.3 Å². The van der Waals surface area contributed by atoms with Crippen LogP contribution in [0.1, 0.15) is 93.1 Å². The van der Waals surface area contributed by atoms with Gasteiger partial charge >= 0.3 is 0 Å². The normalized spacial score (nSPS) is 15.5. The van der Waals surface area contributed by atoms with Crippen LogP contribution in [-0.2, 0) is 50.8 Å². The molecule has 0 bridgehead atoms. The Morgan fingerprint density at radius 3 is 2.17 bits per heavy atom. The van der Waals surface area contributed by atoms with Crippen molar-refractivity contribution in [1.29, 1.82) is 0 Å². The largest absolute Gasteiger partial charge is 0.444 e. The summed E-state index contributed by atoms with van der Waals surface area (Å²) < 4.78 is 7.08. The van der Waals surface area contributed by atoms with E-state index in [1.807, 2.05) is 73.7 Å². The van der Waals surface area contributed by atoms with Gasteiger partial charge in [-0.15, -0.1) is 0 Å². The number of benzene rings is 1. The van der Waals surface area contributed by atoms with Gasteiger partial charge in [0.2, 0.25) is 23.6 Å². The monoisotopic (exact) mass is 819 g/mol. The predicted molar refractivity (Wildman–Crippen MR) is 226 cm³/mol. The molecule has 2 aromatic rings. The SMILES string of the molecule is CN[C@H](C(=O)N[C@H](C(=O)N(C)[C@H](/C=C(\C)C(=O)NCCCC[C@H](NC(=O)CCCN1C(=O)C=CC1=O)OC=O)C(C)C)C(C)(C)C)C(C)(C)c1cn(C)c2ccccc12. The molecule has 15 heteroatoms. The number of carbonyl (C=O) groups is 7. The summed E-state index contributed by atoms with van der Waals surface area (Å²) in [5.41, 5.74) is 1.21. The van der Waals surface area contributed by atoms with Crippen LogP contribution in [-0.4, -0.2) is 108 Å². The van der Waals surface area contributed by atoms with Gasteiger partial charge in [0.25, 0.3) is 18.3 Å². The van der Waals surface area contributed by atoms with E-state index in [0.29, 0.717) is 31.4 Å². The Bertz CT molecular complexity index is 1890. The number of nitrogens with zero attached hydrogens (tertiary/aromatic N) is 3. The van der Waals surface area contributed by atoms with Crippen molar-refractivity contribution in [2.45, 2.75) is 117 Å². The molecule has 0 fully saturated rings. The standard InChI is InChI=1S/C44H65N7O8/c1-28(2)33(25-29(3)40(56)46-23-15-14-20-35(59-27-52)47-34(53)19-16-24-51-36(54)21-22-37(51)55)50(11)42(58)39(43(4,5)6)48-41(57)38(45-9)44(7,8)31-26-49(10)32-18-13-12-17-30(31)32/h12-13,17-18,21-22,25-28,33,35,38-39,45H,14-16,19-20,23-24H2,1-11H3,(H,46,56)(H,47,53)(H,48,57)/b29-25+/t33-,35-,38-,39-/m1/s1. The molecule has 59 heavy (non-hydrogen) atoms. The molecule has 1 aromatic carbocycles. The van der Waals surface area contributed by atoms with Gasteiger partial charge in [0, 0.05) is 80.3 Å². The molecule has 1 aromatic heterocycles. The van der Waals surface area contributed by atoms with Crippen molar-refractivity contribution >= 4 is 52.8 Å². The predicted octanol–water partition coefficient (Wildman–Crippen LogP) is 3.61. The van der Waals surface area contributed by atoms with Crippen molar-refractivity contribution in [1.82, 2.24) is 35.6 Å². The number of hydrogen-bond acceptors (Lipinski definition) is 9. The average molecular weight is 820 g/mol. The highest BCUT2D eigenvalue weighted by Gasteiger charge is 2.42. The fraction of sp³-hybridized carbons (Fsp3) is 0.568. The Kier molecular flexibility index (Phi) is 17.2. The van der Waals surface area contributed by atoms with Crippen LogP contribution < -0.4 is 21.3 Å². The van der Waals surface area contributed by atoms with E-state index < -0.39 is 47.0 Å². The van der Waals surface area contributed by atoms with Crippen molar-refractivity contribution < 1.29 is 38.3 Å². The summed E-state index contributed by atoms with van der Waals surface area (Å²) in [4.78, 5) is 91.2. The second-order valence-electron chi connectivity index (χ2n) is 17.3. The van der Waals surface area contributed by atoms with Gasteiger partial charge in [0.1, 0.15) is 6.04 Å². The molecule has 0 unspecified atom stereocenters. The Balaban J connectivity index is 1.59. The molecule has 0 aliphatic carbocycles. The van der Waals surface area contributed by atoms with Gasteiger partial charge < -0.3 is 35.5 Å². The lowest BCUT2D eigenvalue weighted by molar-refractivity contribution is -0.141. The molecular formula is C44H65N7O8. The number of aromatic nitrogens is 1. The zero-order chi connectivity index (χ0) is 44.2. The molecule has 1 aliphatic heterocycles. The topological polar surface area (TPSA) is 188 Å². The van der Waals surface area contributed by atoms with E-state index >= 15 is 0 Å². The van der Waals surface area contributed by atoms with Crippen molar-refractivity contribution in [2.75, 3.05) is 27.2 Å². The molecule has 3 rings (SSSR count). The summed E-state index contributed by atoms with van der Waals surface area (Å²) in [5, 5.41) is 12.9. The third kappa shape index (κ3) is 12.6. The van der Waals surface area contributed by atoms with E-state index in [2.05, 4.69) is 38.1 Å². The first kappa shape index (κ1) is 48.1. The lowest BCUT2D eigenvalue weighted by atomic mass is 9.76. The minimum absolute atomic E-state index is 0.0306. The Morgan fingerprint density at radius 1 is 0.932 bits per heavy atom. The smallest absolute Gasteiger partial charge is 0.295 e. The molecule has 2 heterocycles. The Hall–Kier alpha value is -5.31. The lowest BCUT2D eigenvalue weighted by Gasteiger charge is -2.39. The molecule has 0 saturated heterocycles. The molecule has 0 saturated carbocycles. The van der Waals surface area contributed by atoms with Crippen molar-refractivity contribution in [3.05, 3.63) is 59.8 Å². The molecule has 4 atom stereocenters. The number of hydrogen-bond donors (Lipinski definition) is 4. The van der Waals surface area contributed by atoms with Crippen LogP contribution in [0.4, 0.5) is 0 Å². The molecule has 1 aliphatic rings. The first-order valence-electron chi connectivity index (χ1n) is 20.3. The number of carbonyl (C=O) groups excluding carboxylic acids is 7. The van der Waals surface area contributed by atoms with Crippen LogP contribution in [0, 0.1) is 11.3 Å². The van der Waals surface area contributed by atoms with E-state index in [1.54, 1.807) is 32.0 Å². The third-order valence-electron chi connectivity index (χ3n) is 10.9. The molecule has 15 nitrogen and oxygen atoms in total. The summed E-state index contributed by atoms with van der Waals surface area (Å²) >= 11 is 0. The number of rotatable bonds is 22. The van der Waals surface area contributed by atoms with E-state index in [0.717, 1.165) is 21.4 Å². The van der Waals surface area contributed by atoms with Gasteiger partial charge in [-0.2, -0.15) is 0 Å². The molecule has 6 amide bonds. The van der Waals surface area contributed by atoms with Crippen LogP contribution in [0.5, 0.6) is 0 Å². The van der Waals surface area contributed by atoms with Crippen molar-refractivity contribution in [3.63, 3.8) is 0 Å². The van der Waals surface area contributed by atoms with Gasteiger partial charge in [-0.1, -0.05) is 72.7 Å². The summed E-state index contributed by atoms with van der Waals surface area (Å²) in [5.74, 6) is -2.16. The molecule has 4 N–H and O–H groups in total. The fourth-order valence-electron chi connectivity index (χ4n) is 7.48. The van der Waals surface area contributed by atoms with Crippen LogP contribution >= 0.6 is 0 Å². The average Bonchev–Trinajstić information content (AvgIpc) is 3.68. The second-order valence-corrected chi connectivity index (χ2v) is 17.3. The first-order valence-corrected chi connectivity index (χ1v) is 20.3. The third-order valence-corrected chi connectivity index (χ3v) is 10.9. The molecule has 324 valence electrons. The number of ether oxygens (including phenoxy) is 1. The van der Waals surface area contributed by atoms with Crippen LogP contribution in [0.2, 0.25) is 0 Å². The number of amides is 6. The summed E-state index contributed by atoms with van der Waals surface area (Å²) in [6.07, 6.45) is 6.98. The summed E-state index contributed by atoms with van der Waals surface area (Å²) in [7, 11) is 5.43. The Labute approximate surface area is 348 Å². The molecular weight excluding hydrogens is 755 g/mol. The quantitative estimate of drug-likeness (QED) is 0.0453. The van der Waals surface area contributed by atoms with Crippen LogP contribution in [0.25, 0.3) is 10.9 Å². The minimum atomic E-state index is -0.872. The minimum Gasteiger partial charge on any atom is -0.444 e. The molecule has 0 radical (unpaired) electrons. The summed E-state index contributed by atoms with van der Waals surface area (Å²) in [6, 6.07) is 6.07. The summed E-state index contributed by atoms with van der Waals surface area (Å²) in [6.45, 7) is 16.1. The second kappa shape index (κ2) is 21.1. The first-order chi connectivity index (χ1) is 27.6. The van der Waals surface area contributed by atoms with E-state index in [4.69, 9.17) is 4.74 Å². The number of nitrogens with one attached hydrogen (secondary N) is 4. The zero-order valence-corrected chi connectivity index (χ0v) is 36.6. The maximum Gasteiger partial charge on any atom is 0.295 e. The maximum absolute atomic E-state index is 14.3. The van der Waals surface area contributed by atoms with Crippen LogP contribution in [0.3, 0.4) is 0 Å². The zero-order valence-electron chi connectivity index (χ0n) is 36.6. The number of unbranched alkanes of at least 4 members (excludes halogenated alkanes) is 1. The van der Waals surface area contributed by atoms with Gasteiger partial charge in [-0.25, -0.2) is 0 Å². The highest BCUT2D eigenvalue weighted by atomic mass is 16.5. The molecule has 0 spiro atoms. The van der Waals surface area contributed by atoms with Gasteiger partial charge in [-0.05, 0) is 56.2 Å². The van der Waals surface area contributed by atoms with Crippen molar-refractivity contribution in [2.24, 2.45) is 18.4 Å². The number of para-hydroxylation sites is 1. The van der Waals surface area contributed by atoms with Crippen molar-refractivity contribution in [3.8, 4) is 0 Å². The highest BCUT2D eigenvalue weighted by molar-refractivity contribution is 6.12. The van der Waals surface area contributed by atoms with Gasteiger partial charge in [0.05, 0.1) is 12.1 Å². The van der Waals surface area contributed by atoms with E-state index in [9.17, 15) is 33.6 Å². The fourth-order valence-corrected chi connectivity index (χ4v) is 7.48.